The zero-order valence-electron chi connectivity index (χ0n) is 17.3. The maximum absolute atomic E-state index is 6.92. The number of anilines is 2. The molecule has 0 aromatic heterocycles. The Morgan fingerprint density at radius 1 is 0.581 bits per heavy atom. The minimum absolute atomic E-state index is 0.666. The number of nitrogen functional groups attached to an aromatic ring is 2. The third-order valence-corrected chi connectivity index (χ3v) is 5.11. The van der Waals surface area contributed by atoms with Gasteiger partial charge in [0, 0.05) is 27.9 Å². The lowest BCUT2D eigenvalue weighted by atomic mass is 9.77. The Balaban J connectivity index is 1.71. The summed E-state index contributed by atoms with van der Waals surface area (Å²) < 4.78 is 12.3. The molecule has 2 radical (unpaired) electrons. The van der Waals surface area contributed by atoms with E-state index in [1.54, 1.807) is 24.3 Å². The molecular weight excluding hydrogens is 384 g/mol. The average Bonchev–Trinajstić information content (AvgIpc) is 2.77. The molecule has 0 aliphatic rings. The van der Waals surface area contributed by atoms with E-state index in [-0.39, 0.29) is 0 Å². The first kappa shape index (κ1) is 20.4. The van der Waals surface area contributed by atoms with Crippen LogP contribution in [-0.2, 0) is 5.41 Å². The van der Waals surface area contributed by atoms with Crippen molar-refractivity contribution in [1.82, 2.24) is 0 Å². The fourth-order valence-corrected chi connectivity index (χ4v) is 3.44. The first-order valence-corrected chi connectivity index (χ1v) is 9.98. The van der Waals surface area contributed by atoms with Gasteiger partial charge in [-0.3, -0.25) is 0 Å². The molecule has 4 aromatic rings. The van der Waals surface area contributed by atoms with Crippen LogP contribution in [0.4, 0.5) is 11.4 Å². The molecule has 0 saturated heterocycles. The van der Waals surface area contributed by atoms with Crippen molar-refractivity contribution in [2.24, 2.45) is 0 Å². The number of ether oxygens (including phenoxy) is 2. The van der Waals surface area contributed by atoms with Crippen LogP contribution < -0.4 is 20.9 Å². The van der Waals surface area contributed by atoms with E-state index in [4.69, 9.17) is 27.9 Å². The van der Waals surface area contributed by atoms with E-state index in [0.717, 1.165) is 11.1 Å². The molecule has 4 nitrogen and oxygen atoms in total. The van der Waals surface area contributed by atoms with Gasteiger partial charge in [0.1, 0.15) is 23.0 Å². The van der Waals surface area contributed by atoms with Crippen LogP contribution in [0, 0.1) is 6.92 Å². The van der Waals surface area contributed by atoms with Crippen molar-refractivity contribution in [3.63, 3.8) is 0 Å². The van der Waals surface area contributed by atoms with Crippen molar-refractivity contribution in [2.75, 3.05) is 11.5 Å². The number of benzene rings is 4. The summed E-state index contributed by atoms with van der Waals surface area (Å²) in [5.41, 5.74) is 13.7. The predicted molar refractivity (Wildman–Crippen MR) is 125 cm³/mol. The largest absolute Gasteiger partial charge is 0.457 e. The third kappa shape index (κ3) is 4.48. The Morgan fingerprint density at radius 3 is 1.32 bits per heavy atom. The van der Waals surface area contributed by atoms with Gasteiger partial charge >= 0.3 is 0 Å². The number of hydrogen-bond donors (Lipinski definition) is 2. The summed E-state index contributed by atoms with van der Waals surface area (Å²) in [7, 11) is 0. The molecule has 0 fully saturated rings. The third-order valence-electron chi connectivity index (χ3n) is 5.11. The maximum atomic E-state index is 6.92. The minimum atomic E-state index is -0.880. The zero-order valence-corrected chi connectivity index (χ0v) is 17.3. The Labute approximate surface area is 183 Å². The molecule has 4 aromatic carbocycles. The Kier molecular flexibility index (Phi) is 5.54. The molecule has 4 heteroatoms. The quantitative estimate of drug-likeness (QED) is 0.360. The highest BCUT2D eigenvalue weighted by Gasteiger charge is 2.30. The lowest BCUT2D eigenvalue weighted by molar-refractivity contribution is 0.453. The number of nitrogens with two attached hydrogens (primary N) is 2. The molecule has 0 aliphatic heterocycles. The molecule has 0 unspecified atom stereocenters. The Hall–Kier alpha value is -3.92. The molecule has 0 saturated carbocycles. The molecular formula is C27H24N2O2. The number of hydrogen-bond acceptors (Lipinski definition) is 4. The average molecular weight is 409 g/mol. The molecule has 0 aliphatic carbocycles. The van der Waals surface area contributed by atoms with Gasteiger partial charge in [0.05, 0.1) is 0 Å². The monoisotopic (exact) mass is 408 g/mol. The second-order valence-electron chi connectivity index (χ2n) is 7.54. The van der Waals surface area contributed by atoms with Crippen LogP contribution in [0.25, 0.3) is 0 Å². The number of para-hydroxylation sites is 2. The van der Waals surface area contributed by atoms with Gasteiger partial charge in [-0.15, -0.1) is 0 Å². The van der Waals surface area contributed by atoms with E-state index in [1.165, 1.54) is 0 Å². The van der Waals surface area contributed by atoms with E-state index in [1.807, 2.05) is 79.7 Å². The summed E-state index contributed by atoms with van der Waals surface area (Å²) in [4.78, 5) is 0. The van der Waals surface area contributed by atoms with E-state index in [9.17, 15) is 0 Å². The fourth-order valence-electron chi connectivity index (χ4n) is 3.44. The topological polar surface area (TPSA) is 70.5 Å². The maximum Gasteiger partial charge on any atom is 0.131 e. The van der Waals surface area contributed by atoms with Crippen LogP contribution in [0.2, 0.25) is 0 Å². The van der Waals surface area contributed by atoms with E-state index >= 15 is 0 Å². The van der Waals surface area contributed by atoms with Gasteiger partial charge in [-0.1, -0.05) is 43.3 Å². The predicted octanol–water partition coefficient (Wildman–Crippen LogP) is 6.45. The van der Waals surface area contributed by atoms with Crippen molar-refractivity contribution >= 4 is 11.4 Å². The van der Waals surface area contributed by atoms with E-state index < -0.39 is 5.41 Å². The van der Waals surface area contributed by atoms with Crippen molar-refractivity contribution in [3.8, 4) is 23.0 Å². The molecule has 0 spiro atoms. The van der Waals surface area contributed by atoms with Crippen molar-refractivity contribution < 1.29 is 9.47 Å². The first-order valence-electron chi connectivity index (χ1n) is 9.98. The fraction of sp³-hybridized carbons (Fsp3) is 0.0741. The van der Waals surface area contributed by atoms with Gasteiger partial charge < -0.3 is 20.9 Å². The van der Waals surface area contributed by atoms with Gasteiger partial charge in [-0.2, -0.15) is 0 Å². The van der Waals surface area contributed by atoms with Gasteiger partial charge in [0.2, 0.25) is 0 Å². The Bertz CT molecular complexity index is 1070. The smallest absolute Gasteiger partial charge is 0.131 e. The van der Waals surface area contributed by atoms with Crippen LogP contribution in [0.15, 0.2) is 97.1 Å². The van der Waals surface area contributed by atoms with Crippen LogP contribution in [0.1, 0.15) is 18.1 Å². The van der Waals surface area contributed by atoms with Gasteiger partial charge in [0.15, 0.2) is 0 Å². The van der Waals surface area contributed by atoms with Crippen LogP contribution in [0.5, 0.6) is 23.0 Å². The molecule has 0 atom stereocenters. The van der Waals surface area contributed by atoms with Gasteiger partial charge in [0.25, 0.3) is 0 Å². The summed E-state index contributed by atoms with van der Waals surface area (Å²) in [6.07, 6.45) is 0. The molecule has 0 heterocycles. The molecule has 4 N–H and O–H groups in total. The Morgan fingerprint density at radius 2 is 0.935 bits per heavy atom. The minimum Gasteiger partial charge on any atom is -0.457 e. The molecule has 4 rings (SSSR count). The summed E-state index contributed by atoms with van der Waals surface area (Å²) in [5, 5.41) is 0. The number of rotatable bonds is 6. The summed E-state index contributed by atoms with van der Waals surface area (Å²) in [6.45, 7) is 8.86. The highest BCUT2D eigenvalue weighted by molar-refractivity contribution is 5.54. The normalized spacial score (nSPS) is 11.2. The second kappa shape index (κ2) is 8.44. The van der Waals surface area contributed by atoms with Crippen molar-refractivity contribution in [3.05, 3.63) is 115 Å². The second-order valence-corrected chi connectivity index (χ2v) is 7.54. The van der Waals surface area contributed by atoms with Crippen LogP contribution in [0.3, 0.4) is 0 Å². The zero-order chi connectivity index (χ0) is 21.8. The highest BCUT2D eigenvalue weighted by Crippen LogP contribution is 2.43. The van der Waals surface area contributed by atoms with Crippen LogP contribution >= 0.6 is 0 Å². The first-order chi connectivity index (χ1) is 14.9. The van der Waals surface area contributed by atoms with E-state index in [2.05, 4.69) is 0 Å². The standard InChI is InChI=1S/C27H24N2O2/c1-27(2,23-7-3-5-9-25(23)30-21-15-11-19(28)12-16-21)24-8-4-6-10-26(24)31-22-17-13-20(29)14-18-22/h1,3-18H,28-29H2,2H3. The lowest BCUT2D eigenvalue weighted by Crippen LogP contribution is -2.21. The molecule has 0 bridgehead atoms. The van der Waals surface area contributed by atoms with E-state index in [0.29, 0.717) is 34.4 Å². The summed E-state index contributed by atoms with van der Waals surface area (Å²) in [6, 6.07) is 30.0. The van der Waals surface area contributed by atoms with Crippen molar-refractivity contribution in [2.45, 2.75) is 12.3 Å². The van der Waals surface area contributed by atoms with Crippen LogP contribution in [-0.4, -0.2) is 0 Å². The highest BCUT2D eigenvalue weighted by atomic mass is 16.5. The summed E-state index contributed by atoms with van der Waals surface area (Å²) in [5.74, 6) is 2.70. The van der Waals surface area contributed by atoms with Gasteiger partial charge in [-0.05, 0) is 67.6 Å². The van der Waals surface area contributed by atoms with Gasteiger partial charge in [-0.25, -0.2) is 0 Å². The summed E-state index contributed by atoms with van der Waals surface area (Å²) >= 11 is 0. The molecule has 31 heavy (non-hydrogen) atoms. The molecule has 154 valence electrons. The van der Waals surface area contributed by atoms with Crippen molar-refractivity contribution in [1.29, 1.82) is 0 Å². The lowest BCUT2D eigenvalue weighted by Gasteiger charge is -2.29. The SMILES string of the molecule is [CH]C(C)(c1ccccc1Oc1ccc(N)cc1)c1ccccc1Oc1ccc(N)cc1. The molecule has 0 amide bonds.